The summed E-state index contributed by atoms with van der Waals surface area (Å²) in [5.41, 5.74) is 3.81. The molecule has 0 saturated carbocycles. The molecule has 43 heavy (non-hydrogen) atoms. The molecule has 4 aromatic rings. The molecule has 2 atom stereocenters. The fourth-order valence-electron chi connectivity index (χ4n) is 6.20. The Morgan fingerprint density at radius 1 is 0.721 bits per heavy atom. The third-order valence-corrected chi connectivity index (χ3v) is 8.20. The summed E-state index contributed by atoms with van der Waals surface area (Å²) in [5.74, 6) is 2.22. The molecule has 0 unspecified atom stereocenters. The molecule has 3 aromatic carbocycles. The summed E-state index contributed by atoms with van der Waals surface area (Å²) in [6.07, 6.45) is 0.818. The maximum absolute atomic E-state index is 14.1. The summed E-state index contributed by atoms with van der Waals surface area (Å²) in [6.45, 7) is 0. The first-order chi connectivity index (χ1) is 20.9. The van der Waals surface area contributed by atoms with E-state index in [4.69, 9.17) is 23.7 Å². The topological polar surface area (TPSA) is 113 Å². The molecule has 0 radical (unpaired) electrons. The molecule has 1 aliphatic heterocycles. The summed E-state index contributed by atoms with van der Waals surface area (Å²) in [6, 6.07) is 18.7. The van der Waals surface area contributed by atoms with E-state index in [1.807, 2.05) is 48.5 Å². The maximum Gasteiger partial charge on any atom is 0.277 e. The minimum absolute atomic E-state index is 0.0511. The SMILES string of the molecule is COc1ccc([C@@H]2CC(=O)C3=C(C2)Nc2[nH]n(-c4ccccc4)c(=O)c2[C@H]3c2cc(OC)c(OC)c(OC)c2)cc1OC. The second-order valence-corrected chi connectivity index (χ2v) is 10.4. The largest absolute Gasteiger partial charge is 0.493 e. The number of carbonyl (C=O) groups is 1. The van der Waals surface area contributed by atoms with Crippen LogP contribution in [0.25, 0.3) is 5.69 Å². The van der Waals surface area contributed by atoms with E-state index in [1.54, 1.807) is 26.4 Å². The fourth-order valence-corrected chi connectivity index (χ4v) is 6.20. The van der Waals surface area contributed by atoms with Gasteiger partial charge in [-0.3, -0.25) is 14.7 Å². The van der Waals surface area contributed by atoms with Crippen LogP contribution in [0, 0.1) is 0 Å². The summed E-state index contributed by atoms with van der Waals surface area (Å²) >= 11 is 0. The highest BCUT2D eigenvalue weighted by Crippen LogP contribution is 2.50. The number of benzene rings is 3. The minimum Gasteiger partial charge on any atom is -0.493 e. The van der Waals surface area contributed by atoms with E-state index < -0.39 is 5.92 Å². The van der Waals surface area contributed by atoms with Gasteiger partial charge in [0, 0.05) is 23.6 Å². The normalized spacial score (nSPS) is 17.5. The molecule has 0 amide bonds. The summed E-state index contributed by atoms with van der Waals surface area (Å²) in [4.78, 5) is 28.2. The maximum atomic E-state index is 14.1. The smallest absolute Gasteiger partial charge is 0.277 e. The molecule has 1 aliphatic carbocycles. The number of allylic oxidation sites excluding steroid dienone is 2. The average Bonchev–Trinajstić information content (AvgIpc) is 3.38. The number of hydrogen-bond acceptors (Lipinski definition) is 8. The van der Waals surface area contributed by atoms with Crippen LogP contribution >= 0.6 is 0 Å². The fraction of sp³-hybridized carbons (Fsp3) is 0.273. The number of H-pyrrole nitrogens is 1. The Labute approximate surface area is 248 Å². The van der Waals surface area contributed by atoms with E-state index in [-0.39, 0.29) is 23.7 Å². The van der Waals surface area contributed by atoms with Crippen molar-refractivity contribution in [3.8, 4) is 34.4 Å². The Morgan fingerprint density at radius 2 is 1.37 bits per heavy atom. The van der Waals surface area contributed by atoms with Crippen LogP contribution < -0.4 is 34.6 Å². The number of ketones is 1. The zero-order valence-electron chi connectivity index (χ0n) is 24.6. The van der Waals surface area contributed by atoms with E-state index in [9.17, 15) is 9.59 Å². The lowest BCUT2D eigenvalue weighted by atomic mass is 9.72. The number of nitrogens with one attached hydrogen (secondary N) is 2. The number of aromatic nitrogens is 2. The molecule has 0 bridgehead atoms. The van der Waals surface area contributed by atoms with Gasteiger partial charge >= 0.3 is 0 Å². The molecule has 10 nitrogen and oxygen atoms in total. The van der Waals surface area contributed by atoms with Crippen molar-refractivity contribution >= 4 is 11.6 Å². The number of para-hydroxylation sites is 1. The Morgan fingerprint density at radius 3 is 2.00 bits per heavy atom. The second kappa shape index (κ2) is 11.3. The predicted molar refractivity (Wildman–Crippen MR) is 162 cm³/mol. The number of rotatable bonds is 8. The molecule has 0 fully saturated rings. The number of nitrogens with zero attached hydrogens (tertiary/aromatic N) is 1. The molecule has 2 aliphatic rings. The molecule has 10 heteroatoms. The van der Waals surface area contributed by atoms with Crippen molar-refractivity contribution in [2.75, 3.05) is 40.9 Å². The summed E-state index contributed by atoms with van der Waals surface area (Å²) < 4.78 is 29.3. The first kappa shape index (κ1) is 28.0. The molecular formula is C33H33N3O7. The van der Waals surface area contributed by atoms with E-state index in [2.05, 4.69) is 10.4 Å². The number of anilines is 1. The van der Waals surface area contributed by atoms with Crippen LogP contribution in [0.1, 0.15) is 41.4 Å². The van der Waals surface area contributed by atoms with E-state index in [0.29, 0.717) is 63.4 Å². The molecule has 0 saturated heterocycles. The zero-order chi connectivity index (χ0) is 30.2. The number of fused-ring (bicyclic) bond motifs is 1. The van der Waals surface area contributed by atoms with Crippen LogP contribution in [0.5, 0.6) is 28.7 Å². The zero-order valence-corrected chi connectivity index (χ0v) is 24.6. The van der Waals surface area contributed by atoms with Gasteiger partial charge < -0.3 is 29.0 Å². The van der Waals surface area contributed by atoms with Gasteiger partial charge in [0.2, 0.25) is 5.75 Å². The van der Waals surface area contributed by atoms with Crippen LogP contribution in [0.4, 0.5) is 5.82 Å². The highest BCUT2D eigenvalue weighted by Gasteiger charge is 2.42. The quantitative estimate of drug-likeness (QED) is 0.292. The lowest BCUT2D eigenvalue weighted by molar-refractivity contribution is -0.116. The molecular weight excluding hydrogens is 550 g/mol. The Bertz CT molecular complexity index is 1760. The third-order valence-electron chi connectivity index (χ3n) is 8.20. The monoisotopic (exact) mass is 583 g/mol. The lowest BCUT2D eigenvalue weighted by Crippen LogP contribution is -2.32. The highest BCUT2D eigenvalue weighted by molar-refractivity contribution is 6.01. The standard InChI is InChI=1S/C33H33N3O7/c1-39-24-12-11-18(15-25(24)40-2)19-13-22-29(23(37)14-19)28(20-16-26(41-3)31(43-5)27(17-20)42-4)30-32(34-22)35-36(33(30)38)21-9-7-6-8-10-21/h6-12,15-17,19,28,34-35H,13-14H2,1-5H3/t19-,28-/m0/s1. The van der Waals surface area contributed by atoms with E-state index in [1.165, 1.54) is 26.0 Å². The third kappa shape index (κ3) is 4.68. The predicted octanol–water partition coefficient (Wildman–Crippen LogP) is 5.17. The molecule has 2 heterocycles. The van der Waals surface area contributed by atoms with Gasteiger partial charge in [-0.25, -0.2) is 4.68 Å². The summed E-state index contributed by atoms with van der Waals surface area (Å²) in [7, 11) is 7.80. The molecule has 6 rings (SSSR count). The van der Waals surface area contributed by atoms with Gasteiger partial charge in [-0.15, -0.1) is 0 Å². The van der Waals surface area contributed by atoms with E-state index >= 15 is 0 Å². The van der Waals surface area contributed by atoms with Crippen molar-refractivity contribution in [1.82, 2.24) is 9.78 Å². The number of carbonyl (C=O) groups excluding carboxylic acids is 1. The van der Waals surface area contributed by atoms with Gasteiger partial charge in [0.05, 0.1) is 46.8 Å². The van der Waals surface area contributed by atoms with Crippen molar-refractivity contribution in [3.63, 3.8) is 0 Å². The molecule has 0 spiro atoms. The number of hydrogen-bond donors (Lipinski definition) is 2. The van der Waals surface area contributed by atoms with Gasteiger partial charge in [-0.05, 0) is 59.9 Å². The van der Waals surface area contributed by atoms with Crippen molar-refractivity contribution in [2.24, 2.45) is 0 Å². The highest BCUT2D eigenvalue weighted by atomic mass is 16.5. The molecule has 222 valence electrons. The van der Waals surface area contributed by atoms with E-state index in [0.717, 1.165) is 11.3 Å². The Balaban J connectivity index is 1.53. The van der Waals surface area contributed by atoms with Gasteiger partial charge in [-0.2, -0.15) is 0 Å². The van der Waals surface area contributed by atoms with Gasteiger partial charge in [0.25, 0.3) is 5.56 Å². The van der Waals surface area contributed by atoms with Crippen molar-refractivity contribution in [1.29, 1.82) is 0 Å². The van der Waals surface area contributed by atoms with Gasteiger partial charge in [0.1, 0.15) is 5.82 Å². The second-order valence-electron chi connectivity index (χ2n) is 10.4. The van der Waals surface area contributed by atoms with Crippen LogP contribution in [0.3, 0.4) is 0 Å². The van der Waals surface area contributed by atoms with Crippen LogP contribution in [-0.4, -0.2) is 51.1 Å². The van der Waals surface area contributed by atoms with Crippen molar-refractivity contribution < 1.29 is 28.5 Å². The average molecular weight is 584 g/mol. The minimum atomic E-state index is -0.674. The first-order valence-corrected chi connectivity index (χ1v) is 13.9. The van der Waals surface area contributed by atoms with Crippen molar-refractivity contribution in [3.05, 3.63) is 99.0 Å². The van der Waals surface area contributed by atoms with Crippen LogP contribution in [0.15, 0.2) is 76.7 Å². The first-order valence-electron chi connectivity index (χ1n) is 13.9. The molecule has 1 aromatic heterocycles. The Kier molecular flexibility index (Phi) is 7.35. The number of ether oxygens (including phenoxy) is 5. The Hall–Kier alpha value is -5.12. The number of Topliss-reactive ketones (excluding diaryl/α,β-unsaturated/α-hetero) is 1. The van der Waals surface area contributed by atoms with Crippen molar-refractivity contribution in [2.45, 2.75) is 24.7 Å². The lowest BCUT2D eigenvalue weighted by Gasteiger charge is -2.35. The van der Waals surface area contributed by atoms with Crippen LogP contribution in [-0.2, 0) is 4.79 Å². The van der Waals surface area contributed by atoms with Gasteiger partial charge in [0.15, 0.2) is 28.8 Å². The number of methoxy groups -OCH3 is 5. The van der Waals surface area contributed by atoms with Gasteiger partial charge in [-0.1, -0.05) is 24.3 Å². The summed E-state index contributed by atoms with van der Waals surface area (Å²) in [5, 5.41) is 6.69. The molecule has 2 N–H and O–H groups in total. The number of aromatic amines is 1. The van der Waals surface area contributed by atoms with Crippen LogP contribution in [0.2, 0.25) is 0 Å².